The zero-order valence-electron chi connectivity index (χ0n) is 83.1. The normalized spacial score (nSPS) is 11.6. The first-order chi connectivity index (χ1) is 68.0. The van der Waals surface area contributed by atoms with E-state index < -0.39 is 0 Å². The number of thiocarbonyl (C=S) groups is 4. The number of ketones is 3. The van der Waals surface area contributed by atoms with E-state index in [9.17, 15) is 19.2 Å². The second kappa shape index (κ2) is 60.0. The average Bonchev–Trinajstić information content (AvgIpc) is 1.58. The molecule has 10 heterocycles. The number of fused-ring (bicyclic) bond motifs is 5. The van der Waals surface area contributed by atoms with Crippen molar-refractivity contribution in [2.45, 2.75) is 131 Å². The Morgan fingerprint density at radius 2 is 0.875 bits per heavy atom. The van der Waals surface area contributed by atoms with Gasteiger partial charge in [-0.2, -0.15) is 20.3 Å². The van der Waals surface area contributed by atoms with Gasteiger partial charge in [-0.3, -0.25) is 29.2 Å². The summed E-state index contributed by atoms with van der Waals surface area (Å²) in [5.74, 6) is 11.5. The number of aryl methyl sites for hydroxylation is 7. The van der Waals surface area contributed by atoms with Gasteiger partial charge in [0.15, 0.2) is 31.4 Å². The van der Waals surface area contributed by atoms with E-state index in [2.05, 4.69) is 107 Å². The summed E-state index contributed by atoms with van der Waals surface area (Å²) >= 11 is 75.7. The third-order valence-electron chi connectivity index (χ3n) is 20.9. The molecule has 24 nitrogen and oxygen atoms in total. The van der Waals surface area contributed by atoms with E-state index >= 15 is 0 Å². The number of likely N-dealkylation sites (N-methyl/N-ethyl adjacent to an activating group) is 1. The number of amidine groups is 1. The number of anilines is 3. The van der Waals surface area contributed by atoms with Gasteiger partial charge in [0.1, 0.15) is 43.0 Å². The zero-order chi connectivity index (χ0) is 108. The van der Waals surface area contributed by atoms with Crippen LogP contribution in [-0.2, 0) is 11.2 Å². The van der Waals surface area contributed by atoms with Crippen molar-refractivity contribution >= 4 is 312 Å². The van der Waals surface area contributed by atoms with Crippen LogP contribution in [-0.4, -0.2) is 159 Å². The van der Waals surface area contributed by atoms with Gasteiger partial charge in [-0.05, 0) is 283 Å². The predicted octanol–water partition coefficient (Wildman–Crippen LogP) is 27.4. The Bertz CT molecular complexity index is 6840. The first-order valence-electron chi connectivity index (χ1n) is 43.8. The van der Waals surface area contributed by atoms with Crippen LogP contribution in [0.4, 0.5) is 26.0 Å². The highest BCUT2D eigenvalue weighted by Crippen LogP contribution is 2.44. The number of aliphatic hydroxyl groups is 2. The van der Waals surface area contributed by atoms with E-state index in [1.807, 2.05) is 173 Å². The van der Waals surface area contributed by atoms with Crippen molar-refractivity contribution in [2.24, 2.45) is 42.7 Å². The lowest BCUT2D eigenvalue weighted by atomic mass is 9.98. The highest BCUT2D eigenvalue weighted by Gasteiger charge is 2.32. The van der Waals surface area contributed by atoms with E-state index in [0.29, 0.717) is 86.1 Å². The predicted molar refractivity (Wildman–Crippen MR) is 634 cm³/mol. The van der Waals surface area contributed by atoms with Gasteiger partial charge in [0.2, 0.25) is 5.91 Å². The number of nitrogens with zero attached hydrogens (tertiary/aromatic N) is 12. The Labute approximate surface area is 931 Å². The summed E-state index contributed by atoms with van der Waals surface area (Å²) in [6, 6.07) is 43.9. The van der Waals surface area contributed by atoms with E-state index in [1.165, 1.54) is 65.9 Å². The number of hydrogen-bond acceptors (Lipinski definition) is 30. The summed E-state index contributed by atoms with van der Waals surface area (Å²) < 4.78 is 2.02. The van der Waals surface area contributed by atoms with E-state index in [0.717, 1.165) is 142 Å². The van der Waals surface area contributed by atoms with Crippen LogP contribution in [0.1, 0.15) is 189 Å². The number of hydrazone groups is 3. The monoisotopic (exact) mass is 2300 g/mol. The maximum atomic E-state index is 12.8. The second-order valence-corrected chi connectivity index (χ2v) is 44.7. The zero-order valence-corrected chi connectivity index (χ0v) is 98.1. The summed E-state index contributed by atoms with van der Waals surface area (Å²) in [5, 5.41) is 60.5. The summed E-state index contributed by atoms with van der Waals surface area (Å²) in [6.45, 7) is 34.7. The molecule has 0 fully saturated rings. The first kappa shape index (κ1) is 124. The smallest absolute Gasteiger partial charge is 0.252 e. The van der Waals surface area contributed by atoms with Gasteiger partial charge in [-0.15, -0.1) is 78.2 Å². The topological polar surface area (TPSA) is 342 Å². The van der Waals surface area contributed by atoms with Crippen LogP contribution in [0.15, 0.2) is 171 Å². The Balaban J connectivity index is 0.000000255. The molecular weight excluding hydrogens is 2200 g/mol. The fourth-order valence-corrected chi connectivity index (χ4v) is 21.3. The van der Waals surface area contributed by atoms with Crippen LogP contribution in [0.5, 0.6) is 0 Å². The summed E-state index contributed by atoms with van der Waals surface area (Å²) in [6.07, 6.45) is 3.39. The van der Waals surface area contributed by atoms with Gasteiger partial charge in [0.05, 0.1) is 26.3 Å². The molecule has 12 N–H and O–H groups in total. The number of thiophene rings is 6. The maximum absolute atomic E-state index is 12.8. The van der Waals surface area contributed by atoms with Gasteiger partial charge in [-0.25, -0.2) is 31.7 Å². The molecule has 0 spiro atoms. The average molecular weight is 2310 g/mol. The van der Waals surface area contributed by atoms with Crippen molar-refractivity contribution in [2.75, 3.05) is 70.3 Å². The summed E-state index contributed by atoms with van der Waals surface area (Å²) in [7, 11) is 7.39. The lowest BCUT2D eigenvalue weighted by Crippen LogP contribution is -2.33. The quantitative estimate of drug-likeness (QED) is 0.0101. The second-order valence-electron chi connectivity index (χ2n) is 31.1. The largest absolute Gasteiger partial charge is 0.397 e. The van der Waals surface area contributed by atoms with Crippen LogP contribution in [0, 0.1) is 90.0 Å². The summed E-state index contributed by atoms with van der Waals surface area (Å²) in [4.78, 5) is 64.7. The van der Waals surface area contributed by atoms with Gasteiger partial charge in [0.25, 0.3) is 5.95 Å². The number of halogens is 8. The lowest BCUT2D eigenvalue weighted by molar-refractivity contribution is -0.119. The lowest BCUT2D eigenvalue weighted by Gasteiger charge is -2.14. The number of rotatable bonds is 13. The van der Waals surface area contributed by atoms with E-state index in [4.69, 9.17) is 160 Å². The van der Waals surface area contributed by atoms with Gasteiger partial charge >= 0.3 is 0 Å². The Hall–Kier alpha value is -8.84. The van der Waals surface area contributed by atoms with Gasteiger partial charge < -0.3 is 32.0 Å². The molecule has 7 aromatic heterocycles. The number of thioether (sulfide) groups is 1. The number of isothiocyanates is 1. The van der Waals surface area contributed by atoms with Crippen LogP contribution in [0.2, 0.25) is 30.1 Å². The number of amides is 1. The minimum atomic E-state index is -0.218. The van der Waals surface area contributed by atoms with Crippen molar-refractivity contribution in [1.29, 1.82) is 0 Å². The molecular formula is C101H112Cl8N18O6S11. The fourth-order valence-electron chi connectivity index (χ4n) is 13.0. The molecule has 0 saturated carbocycles. The van der Waals surface area contributed by atoms with Crippen LogP contribution < -0.4 is 38.9 Å². The number of hydrazine groups is 2. The van der Waals surface area contributed by atoms with Crippen molar-refractivity contribution < 1.29 is 29.4 Å². The Morgan fingerprint density at radius 3 is 1.28 bits per heavy atom. The van der Waals surface area contributed by atoms with Gasteiger partial charge in [-0.1, -0.05) is 179 Å². The molecule has 764 valence electrons. The summed E-state index contributed by atoms with van der Waals surface area (Å²) in [5.41, 5.74) is 32.3. The van der Waals surface area contributed by atoms with E-state index in [-0.39, 0.29) is 33.6 Å². The highest BCUT2D eigenvalue weighted by molar-refractivity contribution is 8.13. The van der Waals surface area contributed by atoms with Crippen molar-refractivity contribution in [3.63, 3.8) is 0 Å². The molecule has 0 aliphatic carbocycles. The molecule has 1 amide bonds. The third kappa shape index (κ3) is 34.4. The standard InChI is InChI=1S/C17H16ClN5S.C16H16ClN3S2.C16H17ClN2OS2.C15H14ClN3S2.C14H10ClNOS2.C13H12ClNOS.C3H8O.C2H6N2O.C2H7N.C2H6O.CCl2S/c1-9-10(2)24-16-14(9)15(12-5-7-13(18)8-6-12)21-22(4)17-20-19-11(3)23(16)17;1-9-10(2)22-15-13(9)14(11-5-7-12(17)8-6-11)19-20(3)16(18-15)21-4;1-9-10(2)22-13(8-14(21)19(3)18)15(9)16(20)11-4-6-12(17)7-5-11;1-8-9(2)21-14-12(8)13(18-19(3)15(20)17-14)10-4-6-11(16)7-5-10;1-8-9(2)19-14(16-7-18)12(8)13(17)10-3-5-11(15)6-4-10;1-7-8(2)17-13(15)11(7)12(16)9-3-5-10(14)6-4-9;1-2-3-4;1-2(5)4-3;2*1-2-3;2-1(3)4/h5-8H,1-4H3;5-8H,1-4H3;4-7H,8,18H2,1-3H3;4-7H,1-3H3,(H,17,20);3-6H,1-2H3;3-6H,15H2,1-2H3;4H,2-3H2,1H3;3H2,1H3,(H,4,5);2-3H2,1H3;3H,2H2,1H3;. The number of nitrogens with one attached hydrogen (secondary N) is 2. The number of nitrogens with two attached hydrogens (primary N) is 4. The number of aliphatic hydroxyl groups excluding tert-OH is 2. The molecule has 6 aromatic carbocycles. The number of aliphatic imine (C=N–C) groups is 2. The molecule has 3 aliphatic rings. The molecule has 0 atom stereocenters. The number of aromatic nitrogens is 3. The molecule has 0 unspecified atom stereocenters. The van der Waals surface area contributed by atoms with Crippen molar-refractivity contribution in [1.82, 2.24) is 35.2 Å². The third-order valence-corrected chi connectivity index (χ3v) is 30.8. The molecule has 144 heavy (non-hydrogen) atoms. The molecule has 43 heteroatoms. The molecule has 0 saturated heterocycles. The number of carbonyl (C=O) groups is 4. The number of nitrogen functional groups attached to an aromatic ring is 1. The molecule has 13 aromatic rings. The number of carbonyl (C=O) groups excluding carboxylic acids is 4. The molecule has 0 radical (unpaired) electrons. The minimum absolute atomic E-state index is 0.00371. The van der Waals surface area contributed by atoms with E-state index in [1.54, 1.807) is 154 Å². The van der Waals surface area contributed by atoms with Gasteiger partial charge in [0, 0.05) is 175 Å². The molecule has 0 bridgehead atoms. The van der Waals surface area contributed by atoms with Crippen molar-refractivity contribution in [3.05, 3.63) is 316 Å². The molecule has 3 aliphatic heterocycles. The van der Waals surface area contributed by atoms with Crippen LogP contribution in [0.25, 0.3) is 5.00 Å². The highest BCUT2D eigenvalue weighted by atomic mass is 35.5. The molecule has 16 rings (SSSR count). The Morgan fingerprint density at radius 1 is 0.528 bits per heavy atom. The number of hydrogen-bond donors (Lipinski definition) is 8. The minimum Gasteiger partial charge on any atom is -0.397 e. The van der Waals surface area contributed by atoms with Crippen LogP contribution in [0.3, 0.4) is 0 Å². The Kier molecular flexibility index (Phi) is 51.6. The fraction of sp³-hybridized carbons (Fsp3) is 0.267. The first-order valence-corrected chi connectivity index (χ1v) is 54.5. The maximum Gasteiger partial charge on any atom is 0.252 e. The number of benzene rings is 6. The van der Waals surface area contributed by atoms with Crippen LogP contribution >= 0.6 is 221 Å². The SMILES string of the molecule is CC(=O)NN.CCCO.CCN.CCO.CSC1=Nc2sc(C)c(C)c2C(c2ccc(Cl)cc2)=NN1C.Cc1sc(CC(=S)N(C)N)c(C(=O)c2ccc(Cl)cc2)c1C.Cc1sc(N)c(C(=O)c2ccc(Cl)cc2)c1C.Cc1sc(N=C=S)c(C(=O)c2ccc(Cl)cc2)c1C.Cc1sc2c(c1C)C(c1ccc(Cl)cc1)=NN(C)C(=S)N2.Cc1sc2c(c1C)C(c1ccc(Cl)cc1)=NN(C)c1nnc(C)n1-2.S=C(Cl)Cl. The van der Waals surface area contributed by atoms with Crippen molar-refractivity contribution in [3.8, 4) is 5.00 Å².